The molecule has 0 aromatic heterocycles. The van der Waals surface area contributed by atoms with Gasteiger partial charge < -0.3 is 14.8 Å². The van der Waals surface area contributed by atoms with Crippen molar-refractivity contribution in [3.63, 3.8) is 0 Å². The zero-order chi connectivity index (χ0) is 15.9. The molecule has 1 saturated carbocycles. The number of carbonyl (C=O) groups is 3. The van der Waals surface area contributed by atoms with Crippen molar-refractivity contribution in [3.8, 4) is 0 Å². The fourth-order valence-electron chi connectivity index (χ4n) is 3.41. The van der Waals surface area contributed by atoms with E-state index in [4.69, 9.17) is 9.47 Å². The molecule has 6 heteroatoms. The molecule has 6 nitrogen and oxygen atoms in total. The summed E-state index contributed by atoms with van der Waals surface area (Å²) in [5.41, 5.74) is 0.111. The highest BCUT2D eigenvalue weighted by Gasteiger charge is 2.80. The number of benzene rings is 1. The quantitative estimate of drug-likeness (QED) is 0.847. The third-order valence-electron chi connectivity index (χ3n) is 4.28. The predicted molar refractivity (Wildman–Crippen MR) is 77.0 cm³/mol. The Morgan fingerprint density at radius 2 is 1.64 bits per heavy atom. The lowest BCUT2D eigenvalue weighted by molar-refractivity contribution is -0.150. The van der Waals surface area contributed by atoms with Crippen molar-refractivity contribution in [2.24, 2.45) is 11.8 Å². The SMILES string of the molecule is CCOC(=O)[C@H]1[C@H](C(=O)OCC)C12C(=O)Nc1ccccc12. The van der Waals surface area contributed by atoms with Crippen LogP contribution in [0.1, 0.15) is 19.4 Å². The van der Waals surface area contributed by atoms with E-state index in [1.165, 1.54) is 0 Å². The molecule has 1 amide bonds. The summed E-state index contributed by atoms with van der Waals surface area (Å²) in [7, 11) is 0. The molecule has 3 rings (SSSR count). The van der Waals surface area contributed by atoms with E-state index in [-0.39, 0.29) is 19.1 Å². The minimum atomic E-state index is -1.19. The second-order valence-corrected chi connectivity index (χ2v) is 5.33. The van der Waals surface area contributed by atoms with Crippen molar-refractivity contribution < 1.29 is 23.9 Å². The van der Waals surface area contributed by atoms with Crippen LogP contribution >= 0.6 is 0 Å². The number of ether oxygens (including phenoxy) is 2. The number of rotatable bonds is 4. The van der Waals surface area contributed by atoms with Gasteiger partial charge in [-0.2, -0.15) is 0 Å². The Balaban J connectivity index is 2.05. The van der Waals surface area contributed by atoms with Gasteiger partial charge in [-0.05, 0) is 25.5 Å². The number of carbonyl (C=O) groups excluding carboxylic acids is 3. The summed E-state index contributed by atoms with van der Waals surface area (Å²) in [4.78, 5) is 37.0. The molecule has 1 heterocycles. The van der Waals surface area contributed by atoms with E-state index in [1.54, 1.807) is 38.1 Å². The van der Waals surface area contributed by atoms with Gasteiger partial charge in [0.2, 0.25) is 5.91 Å². The zero-order valence-corrected chi connectivity index (χ0v) is 12.4. The number of para-hydroxylation sites is 1. The van der Waals surface area contributed by atoms with E-state index in [2.05, 4.69) is 5.32 Å². The number of fused-ring (bicyclic) bond motifs is 2. The molecule has 1 aromatic carbocycles. The average molecular weight is 303 g/mol. The molecule has 0 unspecified atom stereocenters. The van der Waals surface area contributed by atoms with Gasteiger partial charge in [0.15, 0.2) is 0 Å². The summed E-state index contributed by atoms with van der Waals surface area (Å²) in [5.74, 6) is -3.06. The summed E-state index contributed by atoms with van der Waals surface area (Å²) in [6.45, 7) is 3.78. The molecule has 1 aromatic rings. The van der Waals surface area contributed by atoms with E-state index in [1.807, 2.05) is 0 Å². The van der Waals surface area contributed by atoms with Crippen molar-refractivity contribution in [1.82, 2.24) is 0 Å². The van der Waals surface area contributed by atoms with Gasteiger partial charge in [-0.25, -0.2) is 0 Å². The number of hydrogen-bond donors (Lipinski definition) is 1. The molecular weight excluding hydrogens is 286 g/mol. The van der Waals surface area contributed by atoms with Crippen molar-refractivity contribution >= 4 is 23.5 Å². The molecule has 22 heavy (non-hydrogen) atoms. The predicted octanol–water partition coefficient (Wildman–Crippen LogP) is 1.25. The van der Waals surface area contributed by atoms with Gasteiger partial charge in [-0.1, -0.05) is 18.2 Å². The molecule has 0 bridgehead atoms. The molecule has 1 aliphatic heterocycles. The van der Waals surface area contributed by atoms with Crippen LogP contribution in [0.2, 0.25) is 0 Å². The smallest absolute Gasteiger partial charge is 0.311 e. The van der Waals surface area contributed by atoms with Crippen LogP contribution in [-0.4, -0.2) is 31.1 Å². The summed E-state index contributed by atoms with van der Waals surface area (Å²) < 4.78 is 10.1. The third kappa shape index (κ3) is 1.76. The van der Waals surface area contributed by atoms with Crippen molar-refractivity contribution in [2.75, 3.05) is 18.5 Å². The van der Waals surface area contributed by atoms with Crippen LogP contribution in [0, 0.1) is 11.8 Å². The Morgan fingerprint density at radius 1 is 1.09 bits per heavy atom. The highest BCUT2D eigenvalue weighted by atomic mass is 16.5. The monoisotopic (exact) mass is 303 g/mol. The maximum absolute atomic E-state index is 12.5. The summed E-state index contributed by atoms with van der Waals surface area (Å²) in [6, 6.07) is 7.09. The van der Waals surface area contributed by atoms with Crippen molar-refractivity contribution in [2.45, 2.75) is 19.3 Å². The Kier molecular flexibility index (Phi) is 3.39. The molecule has 2 atom stereocenters. The minimum Gasteiger partial charge on any atom is -0.466 e. The van der Waals surface area contributed by atoms with E-state index in [9.17, 15) is 14.4 Å². The summed E-state index contributed by atoms with van der Waals surface area (Å²) in [6.07, 6.45) is 0. The first-order valence-corrected chi connectivity index (χ1v) is 7.33. The first-order chi connectivity index (χ1) is 10.6. The lowest BCUT2D eigenvalue weighted by Crippen LogP contribution is -2.27. The van der Waals surface area contributed by atoms with Gasteiger partial charge >= 0.3 is 11.9 Å². The fraction of sp³-hybridized carbons (Fsp3) is 0.438. The van der Waals surface area contributed by atoms with Crippen molar-refractivity contribution in [3.05, 3.63) is 29.8 Å². The number of anilines is 1. The van der Waals surface area contributed by atoms with E-state index in [0.717, 1.165) is 0 Å². The van der Waals surface area contributed by atoms with Crippen LogP contribution in [0.3, 0.4) is 0 Å². The highest BCUT2D eigenvalue weighted by molar-refractivity contribution is 6.16. The average Bonchev–Trinajstić information content (AvgIpc) is 3.11. The largest absolute Gasteiger partial charge is 0.466 e. The lowest BCUT2D eigenvalue weighted by atomic mass is 9.93. The van der Waals surface area contributed by atoms with Crippen LogP contribution in [-0.2, 0) is 29.3 Å². The van der Waals surface area contributed by atoms with Crippen LogP contribution in [0.4, 0.5) is 5.69 Å². The first-order valence-electron chi connectivity index (χ1n) is 7.33. The van der Waals surface area contributed by atoms with Crippen LogP contribution < -0.4 is 5.32 Å². The minimum absolute atomic E-state index is 0.199. The van der Waals surface area contributed by atoms with E-state index < -0.39 is 29.2 Å². The molecule has 1 spiro atoms. The van der Waals surface area contributed by atoms with E-state index in [0.29, 0.717) is 11.3 Å². The number of nitrogens with one attached hydrogen (secondary N) is 1. The fourth-order valence-corrected chi connectivity index (χ4v) is 3.41. The molecular formula is C16H17NO5. The maximum Gasteiger partial charge on any atom is 0.311 e. The first kappa shape index (κ1) is 14.6. The second kappa shape index (κ2) is 5.12. The van der Waals surface area contributed by atoms with Gasteiger partial charge in [-0.3, -0.25) is 14.4 Å². The Morgan fingerprint density at radius 3 is 2.18 bits per heavy atom. The lowest BCUT2D eigenvalue weighted by Gasteiger charge is -2.08. The number of esters is 2. The number of hydrogen-bond acceptors (Lipinski definition) is 5. The third-order valence-corrected chi connectivity index (χ3v) is 4.28. The van der Waals surface area contributed by atoms with Crippen LogP contribution in [0.15, 0.2) is 24.3 Å². The van der Waals surface area contributed by atoms with Gasteiger partial charge in [0.05, 0.1) is 25.0 Å². The maximum atomic E-state index is 12.5. The Hall–Kier alpha value is -2.37. The van der Waals surface area contributed by atoms with Gasteiger partial charge in [0.1, 0.15) is 5.41 Å². The molecule has 2 aliphatic rings. The molecule has 0 saturated heterocycles. The topological polar surface area (TPSA) is 81.7 Å². The van der Waals surface area contributed by atoms with Crippen molar-refractivity contribution in [1.29, 1.82) is 0 Å². The summed E-state index contributed by atoms with van der Waals surface area (Å²) >= 11 is 0. The molecule has 116 valence electrons. The zero-order valence-electron chi connectivity index (χ0n) is 12.4. The highest BCUT2D eigenvalue weighted by Crippen LogP contribution is 2.65. The normalized spacial score (nSPS) is 28.0. The molecule has 1 fully saturated rings. The molecule has 1 aliphatic carbocycles. The molecule has 1 N–H and O–H groups in total. The Labute approximate surface area is 127 Å². The Bertz CT molecular complexity index is 630. The standard InChI is InChI=1S/C16H17NO5/c1-3-21-13(18)11-12(14(19)22-4-2)16(11)9-7-5-6-8-10(9)17-15(16)20/h5-8,11-12H,3-4H2,1-2H3,(H,17,20)/t11-,12-/m1/s1. The van der Waals surface area contributed by atoms with E-state index >= 15 is 0 Å². The second-order valence-electron chi connectivity index (χ2n) is 5.33. The van der Waals surface area contributed by atoms with Gasteiger partial charge in [-0.15, -0.1) is 0 Å². The van der Waals surface area contributed by atoms with Crippen LogP contribution in [0.25, 0.3) is 0 Å². The summed E-state index contributed by atoms with van der Waals surface area (Å²) in [5, 5.41) is 2.75. The van der Waals surface area contributed by atoms with Gasteiger partial charge in [0.25, 0.3) is 0 Å². The van der Waals surface area contributed by atoms with Gasteiger partial charge in [0, 0.05) is 5.69 Å². The van der Waals surface area contributed by atoms with Crippen LogP contribution in [0.5, 0.6) is 0 Å². The number of amides is 1. The molecule has 0 radical (unpaired) electrons.